The van der Waals surface area contributed by atoms with Crippen LogP contribution in [0.3, 0.4) is 0 Å². The lowest BCUT2D eigenvalue weighted by atomic mass is 10.0. The molecule has 1 fully saturated rings. The second kappa shape index (κ2) is 14.2. The molecule has 0 amide bonds. The van der Waals surface area contributed by atoms with E-state index in [4.69, 9.17) is 4.74 Å². The third-order valence-corrected chi connectivity index (χ3v) is 4.48. The van der Waals surface area contributed by atoms with Crippen LogP contribution < -0.4 is 10.6 Å². The van der Waals surface area contributed by atoms with Crippen LogP contribution in [-0.4, -0.2) is 56.3 Å². The van der Waals surface area contributed by atoms with E-state index in [1.807, 2.05) is 0 Å². The van der Waals surface area contributed by atoms with Gasteiger partial charge in [-0.1, -0.05) is 44.2 Å². The number of piperidine rings is 1. The lowest BCUT2D eigenvalue weighted by molar-refractivity contribution is 0.116. The van der Waals surface area contributed by atoms with Crippen LogP contribution in [0.15, 0.2) is 35.3 Å². The molecule has 27 heavy (non-hydrogen) atoms. The summed E-state index contributed by atoms with van der Waals surface area (Å²) in [4.78, 5) is 7.19. The normalized spacial score (nSPS) is 16.2. The van der Waals surface area contributed by atoms with Gasteiger partial charge in [-0.25, -0.2) is 0 Å². The Labute approximate surface area is 182 Å². The molecule has 0 unspecified atom stereocenters. The summed E-state index contributed by atoms with van der Waals surface area (Å²) in [5.74, 6) is 1.49. The zero-order valence-corrected chi connectivity index (χ0v) is 19.4. The fraction of sp³-hybridized carbons (Fsp3) is 0.667. The summed E-state index contributed by atoms with van der Waals surface area (Å²) >= 11 is 0. The first-order valence-electron chi connectivity index (χ1n) is 10.1. The fourth-order valence-electron chi connectivity index (χ4n) is 3.13. The minimum atomic E-state index is 0. The van der Waals surface area contributed by atoms with Gasteiger partial charge in [0.15, 0.2) is 5.96 Å². The summed E-state index contributed by atoms with van der Waals surface area (Å²) < 4.78 is 5.61. The molecule has 0 spiro atoms. The molecular weight excluding hydrogens is 451 g/mol. The van der Waals surface area contributed by atoms with Gasteiger partial charge >= 0.3 is 0 Å². The Morgan fingerprint density at radius 2 is 1.93 bits per heavy atom. The van der Waals surface area contributed by atoms with E-state index in [1.165, 1.54) is 5.56 Å². The highest BCUT2D eigenvalue weighted by atomic mass is 127. The van der Waals surface area contributed by atoms with Crippen molar-refractivity contribution in [3.05, 3.63) is 35.9 Å². The summed E-state index contributed by atoms with van der Waals surface area (Å²) in [6, 6.07) is 11.2. The predicted molar refractivity (Wildman–Crippen MR) is 125 cm³/mol. The van der Waals surface area contributed by atoms with Crippen molar-refractivity contribution in [2.45, 2.75) is 46.2 Å². The van der Waals surface area contributed by atoms with Gasteiger partial charge in [-0.2, -0.15) is 0 Å². The molecular formula is C21H37IN4O. The zero-order valence-electron chi connectivity index (χ0n) is 17.1. The van der Waals surface area contributed by atoms with Gasteiger partial charge < -0.3 is 15.4 Å². The Balaban J connectivity index is 0.00000364. The van der Waals surface area contributed by atoms with E-state index in [9.17, 15) is 0 Å². The SMILES string of the molecule is CCNC(=NCCOCC(C)C)NC1CCN(Cc2ccccc2)CC1.I. The molecule has 1 aromatic carbocycles. The second-order valence-corrected chi connectivity index (χ2v) is 7.41. The molecule has 1 aliphatic heterocycles. The van der Waals surface area contributed by atoms with Crippen molar-refractivity contribution in [1.29, 1.82) is 0 Å². The number of nitrogens with zero attached hydrogens (tertiary/aromatic N) is 2. The van der Waals surface area contributed by atoms with Crippen molar-refractivity contribution < 1.29 is 4.74 Å². The second-order valence-electron chi connectivity index (χ2n) is 7.41. The Morgan fingerprint density at radius 1 is 1.22 bits per heavy atom. The van der Waals surface area contributed by atoms with Crippen LogP contribution in [0.25, 0.3) is 0 Å². The van der Waals surface area contributed by atoms with E-state index >= 15 is 0 Å². The average molecular weight is 488 g/mol. The minimum Gasteiger partial charge on any atom is -0.379 e. The standard InChI is InChI=1S/C21H36N4O.HI/c1-4-22-21(23-12-15-26-17-18(2)3)24-20-10-13-25(14-11-20)16-19-8-6-5-7-9-19;/h5-9,18,20H,4,10-17H2,1-3H3,(H2,22,23,24);1H. The summed E-state index contributed by atoms with van der Waals surface area (Å²) in [5, 5.41) is 6.95. The topological polar surface area (TPSA) is 48.9 Å². The third-order valence-electron chi connectivity index (χ3n) is 4.48. The fourth-order valence-corrected chi connectivity index (χ4v) is 3.13. The zero-order chi connectivity index (χ0) is 18.6. The van der Waals surface area contributed by atoms with Crippen molar-refractivity contribution in [3.63, 3.8) is 0 Å². The number of halogens is 1. The van der Waals surface area contributed by atoms with Crippen LogP contribution in [0, 0.1) is 5.92 Å². The number of ether oxygens (including phenoxy) is 1. The van der Waals surface area contributed by atoms with Crippen LogP contribution in [0.4, 0.5) is 0 Å². The largest absolute Gasteiger partial charge is 0.379 e. The van der Waals surface area contributed by atoms with Crippen LogP contribution in [0.5, 0.6) is 0 Å². The highest BCUT2D eigenvalue weighted by molar-refractivity contribution is 14.0. The number of guanidine groups is 1. The maximum Gasteiger partial charge on any atom is 0.191 e. The molecule has 154 valence electrons. The molecule has 0 aliphatic carbocycles. The van der Waals surface area contributed by atoms with Crippen molar-refractivity contribution in [1.82, 2.24) is 15.5 Å². The summed E-state index contributed by atoms with van der Waals surface area (Å²) in [5.41, 5.74) is 1.40. The van der Waals surface area contributed by atoms with Crippen molar-refractivity contribution in [2.24, 2.45) is 10.9 Å². The Bertz CT molecular complexity index is 516. The van der Waals surface area contributed by atoms with Gasteiger partial charge in [0.25, 0.3) is 0 Å². The Hall–Kier alpha value is -0.860. The number of aliphatic imine (C=N–C) groups is 1. The molecule has 1 saturated heterocycles. The predicted octanol–water partition coefficient (Wildman–Crippen LogP) is 3.50. The molecule has 0 bridgehead atoms. The third kappa shape index (κ3) is 10.3. The first-order chi connectivity index (χ1) is 12.7. The first-order valence-corrected chi connectivity index (χ1v) is 10.1. The summed E-state index contributed by atoms with van der Waals surface area (Å²) in [6.45, 7) is 12.8. The summed E-state index contributed by atoms with van der Waals surface area (Å²) in [6.07, 6.45) is 2.31. The molecule has 2 N–H and O–H groups in total. The molecule has 1 aliphatic rings. The van der Waals surface area contributed by atoms with Crippen LogP contribution in [0.2, 0.25) is 0 Å². The molecule has 2 rings (SSSR count). The number of hydrogen-bond acceptors (Lipinski definition) is 3. The van der Waals surface area contributed by atoms with Gasteiger partial charge in [0.2, 0.25) is 0 Å². The highest BCUT2D eigenvalue weighted by Crippen LogP contribution is 2.13. The quantitative estimate of drug-likeness (QED) is 0.242. The molecule has 1 heterocycles. The van der Waals surface area contributed by atoms with Crippen molar-refractivity contribution in [3.8, 4) is 0 Å². The van der Waals surface area contributed by atoms with E-state index in [0.29, 0.717) is 25.1 Å². The minimum absolute atomic E-state index is 0. The van der Waals surface area contributed by atoms with Gasteiger partial charge in [-0.05, 0) is 31.2 Å². The molecule has 1 aromatic rings. The van der Waals surface area contributed by atoms with Gasteiger partial charge in [0.1, 0.15) is 0 Å². The molecule has 0 saturated carbocycles. The summed E-state index contributed by atoms with van der Waals surface area (Å²) in [7, 11) is 0. The highest BCUT2D eigenvalue weighted by Gasteiger charge is 2.19. The molecule has 0 aromatic heterocycles. The van der Waals surface area contributed by atoms with Crippen molar-refractivity contribution in [2.75, 3.05) is 39.4 Å². The van der Waals surface area contributed by atoms with E-state index in [0.717, 1.165) is 51.6 Å². The average Bonchev–Trinajstić information content (AvgIpc) is 2.64. The van der Waals surface area contributed by atoms with Gasteiger partial charge in [0, 0.05) is 38.8 Å². The maximum absolute atomic E-state index is 5.61. The number of nitrogens with one attached hydrogen (secondary N) is 2. The Morgan fingerprint density at radius 3 is 2.56 bits per heavy atom. The first kappa shape index (κ1) is 24.2. The van der Waals surface area contributed by atoms with Crippen LogP contribution in [-0.2, 0) is 11.3 Å². The lowest BCUT2D eigenvalue weighted by Gasteiger charge is -2.33. The monoisotopic (exact) mass is 488 g/mol. The molecule has 0 radical (unpaired) electrons. The molecule has 5 nitrogen and oxygen atoms in total. The molecule has 0 atom stereocenters. The van der Waals surface area contributed by atoms with E-state index in [2.05, 4.69) is 71.6 Å². The van der Waals surface area contributed by atoms with Crippen LogP contribution >= 0.6 is 24.0 Å². The van der Waals surface area contributed by atoms with Gasteiger partial charge in [0.05, 0.1) is 13.2 Å². The number of likely N-dealkylation sites (tertiary alicyclic amines) is 1. The Kier molecular flexibility index (Phi) is 12.7. The number of benzene rings is 1. The van der Waals surface area contributed by atoms with Crippen LogP contribution in [0.1, 0.15) is 39.2 Å². The van der Waals surface area contributed by atoms with E-state index < -0.39 is 0 Å². The maximum atomic E-state index is 5.61. The smallest absolute Gasteiger partial charge is 0.191 e. The van der Waals surface area contributed by atoms with E-state index in [1.54, 1.807) is 0 Å². The van der Waals surface area contributed by atoms with Gasteiger partial charge in [-0.15, -0.1) is 24.0 Å². The number of hydrogen-bond donors (Lipinski definition) is 2. The van der Waals surface area contributed by atoms with Crippen molar-refractivity contribution >= 4 is 29.9 Å². The number of rotatable bonds is 9. The van der Waals surface area contributed by atoms with E-state index in [-0.39, 0.29) is 24.0 Å². The molecule has 6 heteroatoms. The lowest BCUT2D eigenvalue weighted by Crippen LogP contribution is -2.48. The van der Waals surface area contributed by atoms with Gasteiger partial charge in [-0.3, -0.25) is 9.89 Å².